The molecular weight excluding hydrogens is 270 g/mol. The molecule has 1 unspecified atom stereocenters. The van der Waals surface area contributed by atoms with E-state index in [1.807, 2.05) is 18.7 Å². The molecule has 1 atom stereocenters. The van der Waals surface area contributed by atoms with E-state index < -0.39 is 5.97 Å². The lowest BCUT2D eigenvalue weighted by Crippen LogP contribution is -2.45. The Balaban J connectivity index is 2.99. The molecule has 6 heteroatoms. The van der Waals surface area contributed by atoms with Crippen LogP contribution >= 0.6 is 0 Å². The van der Waals surface area contributed by atoms with Crippen LogP contribution in [0.3, 0.4) is 0 Å². The third kappa shape index (κ3) is 4.11. The molecule has 1 amide bonds. The van der Waals surface area contributed by atoms with E-state index in [2.05, 4.69) is 5.32 Å². The maximum Gasteiger partial charge on any atom is 0.335 e. The maximum atomic E-state index is 12.1. The first-order valence-corrected chi connectivity index (χ1v) is 7.09. The fourth-order valence-electron chi connectivity index (χ4n) is 2.14. The van der Waals surface area contributed by atoms with E-state index in [-0.39, 0.29) is 17.5 Å². The summed E-state index contributed by atoms with van der Waals surface area (Å²) in [5, 5.41) is 11.8. The molecule has 0 fully saturated rings. The molecule has 0 aliphatic rings. The van der Waals surface area contributed by atoms with E-state index >= 15 is 0 Å². The quantitative estimate of drug-likeness (QED) is 0.665. The molecule has 0 spiro atoms. The number of hydrogen-bond donors (Lipinski definition) is 3. The van der Waals surface area contributed by atoms with Crippen molar-refractivity contribution in [3.63, 3.8) is 0 Å². The van der Waals surface area contributed by atoms with Crippen molar-refractivity contribution in [2.45, 2.75) is 33.2 Å². The molecule has 0 bridgehead atoms. The second kappa shape index (κ2) is 7.52. The highest BCUT2D eigenvalue weighted by Gasteiger charge is 2.22. The van der Waals surface area contributed by atoms with Gasteiger partial charge in [0.25, 0.3) is 0 Å². The number of nitrogens with zero attached hydrogens (tertiary/aromatic N) is 1. The molecule has 1 rings (SSSR count). The molecule has 0 heterocycles. The number of hydrogen-bond acceptors (Lipinski definition) is 4. The van der Waals surface area contributed by atoms with Crippen LogP contribution in [-0.4, -0.2) is 36.1 Å². The molecule has 0 aliphatic carbocycles. The van der Waals surface area contributed by atoms with E-state index in [1.165, 1.54) is 12.1 Å². The second-order valence-electron chi connectivity index (χ2n) is 4.83. The van der Waals surface area contributed by atoms with Crippen molar-refractivity contribution in [1.29, 1.82) is 0 Å². The number of nitrogens with one attached hydrogen (secondary N) is 1. The zero-order valence-corrected chi connectivity index (χ0v) is 12.7. The number of carboxylic acids is 1. The lowest BCUT2D eigenvalue weighted by molar-refractivity contribution is -0.122. The van der Waals surface area contributed by atoms with E-state index in [1.54, 1.807) is 13.0 Å². The minimum Gasteiger partial charge on any atom is -0.478 e. The van der Waals surface area contributed by atoms with Crippen molar-refractivity contribution in [3.8, 4) is 0 Å². The second-order valence-corrected chi connectivity index (χ2v) is 4.83. The molecule has 116 valence electrons. The third-order valence-electron chi connectivity index (χ3n) is 3.32. The van der Waals surface area contributed by atoms with Crippen LogP contribution in [0.25, 0.3) is 0 Å². The number of benzene rings is 1. The van der Waals surface area contributed by atoms with Gasteiger partial charge in [-0.3, -0.25) is 4.79 Å². The van der Waals surface area contributed by atoms with Crippen molar-refractivity contribution in [1.82, 2.24) is 5.32 Å². The number of carbonyl (C=O) groups excluding carboxylic acids is 1. The van der Waals surface area contributed by atoms with Crippen LogP contribution in [0.4, 0.5) is 11.4 Å². The minimum absolute atomic E-state index is 0.0691. The fourth-order valence-corrected chi connectivity index (χ4v) is 2.14. The highest BCUT2D eigenvalue weighted by molar-refractivity contribution is 5.91. The van der Waals surface area contributed by atoms with Crippen LogP contribution in [0.5, 0.6) is 0 Å². The number of aromatic carboxylic acids is 1. The lowest BCUT2D eigenvalue weighted by Gasteiger charge is -2.30. The Bertz CT molecular complexity index is 517. The Morgan fingerprint density at radius 3 is 2.52 bits per heavy atom. The average molecular weight is 293 g/mol. The largest absolute Gasteiger partial charge is 0.478 e. The van der Waals surface area contributed by atoms with Gasteiger partial charge in [-0.05, 0) is 38.5 Å². The summed E-state index contributed by atoms with van der Waals surface area (Å²) in [6.07, 6.45) is 0.875. The number of nitrogens with two attached hydrogens (primary N) is 1. The van der Waals surface area contributed by atoms with Crippen LogP contribution in [0.1, 0.15) is 37.6 Å². The molecule has 1 aromatic carbocycles. The highest BCUT2D eigenvalue weighted by atomic mass is 16.4. The van der Waals surface area contributed by atoms with Gasteiger partial charge in [0.1, 0.15) is 6.04 Å². The van der Waals surface area contributed by atoms with Crippen molar-refractivity contribution in [2.75, 3.05) is 23.7 Å². The Morgan fingerprint density at radius 1 is 1.38 bits per heavy atom. The smallest absolute Gasteiger partial charge is 0.335 e. The van der Waals surface area contributed by atoms with E-state index in [4.69, 9.17) is 10.8 Å². The number of likely N-dealkylation sites (N-methyl/N-ethyl adjacent to an activating group) is 1. The first kappa shape index (κ1) is 16.8. The molecule has 6 nitrogen and oxygen atoms in total. The summed E-state index contributed by atoms with van der Waals surface area (Å²) < 4.78 is 0. The van der Waals surface area contributed by atoms with Gasteiger partial charge in [-0.25, -0.2) is 4.79 Å². The van der Waals surface area contributed by atoms with Gasteiger partial charge < -0.3 is 21.1 Å². The summed E-state index contributed by atoms with van der Waals surface area (Å²) in [5.41, 5.74) is 7.09. The Morgan fingerprint density at radius 2 is 2.05 bits per heavy atom. The number of carbonyl (C=O) groups is 2. The average Bonchev–Trinajstić information content (AvgIpc) is 2.46. The Kier molecular flexibility index (Phi) is 6.02. The van der Waals surface area contributed by atoms with Crippen LogP contribution < -0.4 is 16.0 Å². The number of amides is 1. The van der Waals surface area contributed by atoms with Crippen LogP contribution in [-0.2, 0) is 4.79 Å². The van der Waals surface area contributed by atoms with Crippen molar-refractivity contribution < 1.29 is 14.7 Å². The van der Waals surface area contributed by atoms with Crippen molar-refractivity contribution >= 4 is 23.3 Å². The van der Waals surface area contributed by atoms with Gasteiger partial charge in [-0.15, -0.1) is 0 Å². The molecule has 0 aromatic heterocycles. The predicted molar refractivity (Wildman–Crippen MR) is 83.6 cm³/mol. The molecule has 0 radical (unpaired) electrons. The number of nitrogen functional groups attached to an aromatic ring is 1. The van der Waals surface area contributed by atoms with Gasteiger partial charge in [-0.1, -0.05) is 6.92 Å². The van der Waals surface area contributed by atoms with Gasteiger partial charge in [0, 0.05) is 13.1 Å². The van der Waals surface area contributed by atoms with Crippen LogP contribution in [0.15, 0.2) is 18.2 Å². The molecule has 0 saturated carbocycles. The summed E-state index contributed by atoms with van der Waals surface area (Å²) in [6, 6.07) is 4.18. The number of rotatable bonds is 7. The predicted octanol–water partition coefficient (Wildman–Crippen LogP) is 1.71. The monoisotopic (exact) mass is 293 g/mol. The minimum atomic E-state index is -1.02. The molecule has 21 heavy (non-hydrogen) atoms. The molecule has 0 saturated heterocycles. The van der Waals surface area contributed by atoms with Crippen LogP contribution in [0.2, 0.25) is 0 Å². The zero-order chi connectivity index (χ0) is 16.0. The third-order valence-corrected chi connectivity index (χ3v) is 3.32. The molecular formula is C15H23N3O3. The molecule has 0 aliphatic heterocycles. The Hall–Kier alpha value is -2.24. The summed E-state index contributed by atoms with van der Waals surface area (Å²) in [4.78, 5) is 24.9. The van der Waals surface area contributed by atoms with Gasteiger partial charge in [0.15, 0.2) is 0 Å². The topological polar surface area (TPSA) is 95.7 Å². The standard InChI is InChI=1S/C15H23N3O3/c1-4-8-17-14(19)10(3)18(5-2)13-7-6-11(15(20)21)9-12(13)16/h6-7,9-10H,4-5,8,16H2,1-3H3,(H,17,19)(H,20,21). The van der Waals surface area contributed by atoms with Crippen LogP contribution in [0, 0.1) is 0 Å². The van der Waals surface area contributed by atoms with Gasteiger partial charge >= 0.3 is 5.97 Å². The number of carboxylic acid groups (broad SMARTS) is 1. The zero-order valence-electron chi connectivity index (χ0n) is 12.7. The fraction of sp³-hybridized carbons (Fsp3) is 0.467. The summed E-state index contributed by atoms with van der Waals surface area (Å²) >= 11 is 0. The van der Waals surface area contributed by atoms with Gasteiger partial charge in [0.2, 0.25) is 5.91 Å². The first-order chi connectivity index (χ1) is 9.92. The van der Waals surface area contributed by atoms with Crippen molar-refractivity contribution in [2.24, 2.45) is 0 Å². The normalized spacial score (nSPS) is 11.8. The number of anilines is 2. The molecule has 4 N–H and O–H groups in total. The van der Waals surface area contributed by atoms with E-state index in [0.717, 1.165) is 6.42 Å². The van der Waals surface area contributed by atoms with E-state index in [9.17, 15) is 9.59 Å². The van der Waals surface area contributed by atoms with Gasteiger partial charge in [0.05, 0.1) is 16.9 Å². The SMILES string of the molecule is CCCNC(=O)C(C)N(CC)c1ccc(C(=O)O)cc1N. The highest BCUT2D eigenvalue weighted by Crippen LogP contribution is 2.26. The summed E-state index contributed by atoms with van der Waals surface area (Å²) in [7, 11) is 0. The molecule has 1 aromatic rings. The lowest BCUT2D eigenvalue weighted by atomic mass is 10.1. The first-order valence-electron chi connectivity index (χ1n) is 7.09. The maximum absolute atomic E-state index is 12.1. The van der Waals surface area contributed by atoms with E-state index in [0.29, 0.717) is 24.5 Å². The Labute approximate surface area is 124 Å². The summed E-state index contributed by atoms with van der Waals surface area (Å²) in [5.74, 6) is -1.09. The van der Waals surface area contributed by atoms with Gasteiger partial charge in [-0.2, -0.15) is 0 Å². The van der Waals surface area contributed by atoms with Crippen molar-refractivity contribution in [3.05, 3.63) is 23.8 Å². The summed E-state index contributed by atoms with van der Waals surface area (Å²) in [6.45, 7) is 6.95.